The van der Waals surface area contributed by atoms with Gasteiger partial charge in [-0.15, -0.1) is 12.4 Å². The summed E-state index contributed by atoms with van der Waals surface area (Å²) in [5.41, 5.74) is 1.90. The Morgan fingerprint density at radius 2 is 2.11 bits per heavy atom. The third-order valence-electron chi connectivity index (χ3n) is 2.97. The van der Waals surface area contributed by atoms with Crippen LogP contribution in [0.1, 0.15) is 5.56 Å². The number of hydrogen-bond donors (Lipinski definition) is 1. The number of ether oxygens (including phenoxy) is 2. The third kappa shape index (κ3) is 2.23. The highest BCUT2D eigenvalue weighted by Gasteiger charge is 2.27. The Kier molecular flexibility index (Phi) is 3.93. The van der Waals surface area contributed by atoms with Gasteiger partial charge in [-0.05, 0) is 6.07 Å². The molecule has 1 amide bonds. The number of carbonyl (C=O) groups is 1. The number of amides is 1. The lowest BCUT2D eigenvalue weighted by Gasteiger charge is -2.18. The molecular formula is C12H15ClN2O3. The smallest absolute Gasteiger partial charge is 0.414 e. The van der Waals surface area contributed by atoms with Crippen molar-refractivity contribution in [2.45, 2.75) is 6.54 Å². The fourth-order valence-electron chi connectivity index (χ4n) is 2.15. The minimum atomic E-state index is -0.292. The first-order chi connectivity index (χ1) is 8.36. The van der Waals surface area contributed by atoms with Gasteiger partial charge in [-0.1, -0.05) is 12.1 Å². The molecule has 18 heavy (non-hydrogen) atoms. The summed E-state index contributed by atoms with van der Waals surface area (Å²) in [6, 6.07) is 5.85. The molecule has 1 aromatic rings. The van der Waals surface area contributed by atoms with E-state index in [1.54, 1.807) is 4.90 Å². The van der Waals surface area contributed by atoms with E-state index in [4.69, 9.17) is 9.47 Å². The second-order valence-electron chi connectivity index (χ2n) is 4.06. The molecule has 5 nitrogen and oxygen atoms in total. The lowest BCUT2D eigenvalue weighted by Crippen LogP contribution is -2.24. The van der Waals surface area contributed by atoms with Crippen molar-refractivity contribution < 1.29 is 14.3 Å². The fourth-order valence-corrected chi connectivity index (χ4v) is 2.15. The summed E-state index contributed by atoms with van der Waals surface area (Å²) in [4.78, 5) is 13.2. The molecule has 0 aliphatic carbocycles. The van der Waals surface area contributed by atoms with Crippen LogP contribution >= 0.6 is 12.4 Å². The van der Waals surface area contributed by atoms with Crippen molar-refractivity contribution in [3.05, 3.63) is 23.8 Å². The number of anilines is 1. The number of cyclic esters (lactones) is 1. The van der Waals surface area contributed by atoms with Gasteiger partial charge in [0, 0.05) is 18.7 Å². The molecule has 0 spiro atoms. The monoisotopic (exact) mass is 270 g/mol. The first kappa shape index (κ1) is 13.0. The highest BCUT2D eigenvalue weighted by atomic mass is 35.5. The summed E-state index contributed by atoms with van der Waals surface area (Å²) in [7, 11) is 0. The maximum Gasteiger partial charge on any atom is 0.414 e. The molecule has 0 bridgehead atoms. The van der Waals surface area contributed by atoms with E-state index in [-0.39, 0.29) is 18.5 Å². The molecule has 0 unspecified atom stereocenters. The minimum absolute atomic E-state index is 0. The highest BCUT2D eigenvalue weighted by Crippen LogP contribution is 2.34. The molecule has 2 heterocycles. The fraction of sp³-hybridized carbons (Fsp3) is 0.417. The Bertz CT molecular complexity index is 453. The second-order valence-corrected chi connectivity index (χ2v) is 4.06. The normalized spacial score (nSPS) is 18.2. The van der Waals surface area contributed by atoms with Crippen LogP contribution in [0.4, 0.5) is 10.5 Å². The average molecular weight is 271 g/mol. The SMILES string of the molecule is Cl.O=C1OCCN1c1cccc2c1OCCNC2. The van der Waals surface area contributed by atoms with Crippen LogP contribution in [0.5, 0.6) is 5.75 Å². The van der Waals surface area contributed by atoms with Crippen LogP contribution in [-0.2, 0) is 11.3 Å². The van der Waals surface area contributed by atoms with Gasteiger partial charge in [0.25, 0.3) is 0 Å². The number of carbonyl (C=O) groups excluding carboxylic acids is 1. The van der Waals surface area contributed by atoms with Gasteiger partial charge in [-0.2, -0.15) is 0 Å². The third-order valence-corrected chi connectivity index (χ3v) is 2.97. The molecule has 3 rings (SSSR count). The molecule has 1 aromatic carbocycles. The first-order valence-corrected chi connectivity index (χ1v) is 5.76. The molecule has 2 aliphatic heterocycles. The molecule has 0 saturated carbocycles. The Balaban J connectivity index is 0.00000120. The van der Waals surface area contributed by atoms with Crippen LogP contribution in [0, 0.1) is 0 Å². The summed E-state index contributed by atoms with van der Waals surface area (Å²) >= 11 is 0. The number of nitrogens with one attached hydrogen (secondary N) is 1. The molecule has 98 valence electrons. The quantitative estimate of drug-likeness (QED) is 0.841. The number of nitrogens with zero attached hydrogens (tertiary/aromatic N) is 1. The van der Waals surface area contributed by atoms with Gasteiger partial charge in [0.15, 0.2) is 0 Å². The zero-order chi connectivity index (χ0) is 11.7. The largest absolute Gasteiger partial charge is 0.490 e. The Morgan fingerprint density at radius 3 is 2.89 bits per heavy atom. The number of hydrogen-bond acceptors (Lipinski definition) is 4. The molecule has 6 heteroatoms. The number of halogens is 1. The van der Waals surface area contributed by atoms with Crippen molar-refractivity contribution in [2.75, 3.05) is 31.2 Å². The van der Waals surface area contributed by atoms with E-state index in [2.05, 4.69) is 5.32 Å². The summed E-state index contributed by atoms with van der Waals surface area (Å²) in [6.45, 7) is 3.24. The Morgan fingerprint density at radius 1 is 1.22 bits per heavy atom. The van der Waals surface area contributed by atoms with E-state index in [1.807, 2.05) is 18.2 Å². The number of rotatable bonds is 1. The molecular weight excluding hydrogens is 256 g/mol. The van der Waals surface area contributed by atoms with Crippen molar-refractivity contribution in [3.8, 4) is 5.75 Å². The van der Waals surface area contributed by atoms with Gasteiger partial charge < -0.3 is 14.8 Å². The van der Waals surface area contributed by atoms with Crippen molar-refractivity contribution in [3.63, 3.8) is 0 Å². The molecule has 2 aliphatic rings. The van der Waals surface area contributed by atoms with Crippen LogP contribution in [0.3, 0.4) is 0 Å². The molecule has 1 saturated heterocycles. The maximum atomic E-state index is 11.6. The second kappa shape index (κ2) is 5.46. The predicted molar refractivity (Wildman–Crippen MR) is 69.6 cm³/mol. The first-order valence-electron chi connectivity index (χ1n) is 5.76. The molecule has 1 fully saturated rings. The minimum Gasteiger partial charge on any atom is -0.490 e. The molecule has 0 atom stereocenters. The van der Waals surface area contributed by atoms with Gasteiger partial charge in [0.1, 0.15) is 19.0 Å². The summed E-state index contributed by atoms with van der Waals surface area (Å²) in [5.74, 6) is 0.802. The number of para-hydroxylation sites is 1. The average Bonchev–Trinajstić information content (AvgIpc) is 2.63. The number of benzene rings is 1. The van der Waals surface area contributed by atoms with Crippen LogP contribution in [0.2, 0.25) is 0 Å². The van der Waals surface area contributed by atoms with E-state index in [1.165, 1.54) is 0 Å². The van der Waals surface area contributed by atoms with E-state index in [0.717, 1.165) is 30.1 Å². The summed E-state index contributed by atoms with van der Waals surface area (Å²) < 4.78 is 10.7. The van der Waals surface area contributed by atoms with Crippen molar-refractivity contribution in [2.24, 2.45) is 0 Å². The standard InChI is InChI=1S/C12H14N2O3.ClH/c15-12-14(5-7-17-12)10-3-1-2-9-8-13-4-6-16-11(9)10;/h1-3,13H,4-8H2;1H. The van der Waals surface area contributed by atoms with E-state index < -0.39 is 0 Å². The predicted octanol–water partition coefficient (Wildman–Crippen LogP) is 1.55. The van der Waals surface area contributed by atoms with E-state index in [9.17, 15) is 4.79 Å². The zero-order valence-electron chi connectivity index (χ0n) is 9.85. The Hall–Kier alpha value is -1.46. The summed E-state index contributed by atoms with van der Waals surface area (Å²) in [6.07, 6.45) is -0.292. The van der Waals surface area contributed by atoms with Crippen LogP contribution in [-0.4, -0.2) is 32.4 Å². The lowest BCUT2D eigenvalue weighted by atomic mass is 10.1. The van der Waals surface area contributed by atoms with Gasteiger partial charge in [0.05, 0.1) is 12.2 Å². The molecule has 1 N–H and O–H groups in total. The van der Waals surface area contributed by atoms with Crippen LogP contribution in [0.15, 0.2) is 18.2 Å². The lowest BCUT2D eigenvalue weighted by molar-refractivity contribution is 0.181. The molecule has 0 aromatic heterocycles. The van der Waals surface area contributed by atoms with Gasteiger partial charge in [0.2, 0.25) is 0 Å². The van der Waals surface area contributed by atoms with Crippen LogP contribution in [0.25, 0.3) is 0 Å². The summed E-state index contributed by atoms with van der Waals surface area (Å²) in [5, 5.41) is 3.27. The zero-order valence-corrected chi connectivity index (χ0v) is 10.7. The highest BCUT2D eigenvalue weighted by molar-refractivity contribution is 5.91. The molecule has 0 radical (unpaired) electrons. The topological polar surface area (TPSA) is 50.8 Å². The van der Waals surface area contributed by atoms with Gasteiger partial charge >= 0.3 is 6.09 Å². The van der Waals surface area contributed by atoms with Gasteiger partial charge in [-0.3, -0.25) is 4.90 Å². The van der Waals surface area contributed by atoms with Crippen molar-refractivity contribution in [1.82, 2.24) is 5.32 Å². The Labute approximate surface area is 111 Å². The van der Waals surface area contributed by atoms with Crippen LogP contribution < -0.4 is 15.0 Å². The maximum absolute atomic E-state index is 11.6. The van der Waals surface area contributed by atoms with Crippen molar-refractivity contribution in [1.29, 1.82) is 0 Å². The van der Waals surface area contributed by atoms with Crippen molar-refractivity contribution >= 4 is 24.2 Å². The van der Waals surface area contributed by atoms with E-state index >= 15 is 0 Å². The number of fused-ring (bicyclic) bond motifs is 1. The van der Waals surface area contributed by atoms with E-state index in [0.29, 0.717) is 19.8 Å². The van der Waals surface area contributed by atoms with Gasteiger partial charge in [-0.25, -0.2) is 4.79 Å².